The van der Waals surface area contributed by atoms with E-state index in [0.717, 1.165) is 6.42 Å². The van der Waals surface area contributed by atoms with Crippen LogP contribution in [-0.2, 0) is 4.89 Å². The second-order valence-corrected chi connectivity index (χ2v) is 4.90. The first-order valence-electron chi connectivity index (χ1n) is 4.86. The molecule has 0 aliphatic heterocycles. The van der Waals surface area contributed by atoms with E-state index in [-0.39, 0.29) is 11.5 Å². The van der Waals surface area contributed by atoms with Gasteiger partial charge in [0.15, 0.2) is 0 Å². The molecule has 1 fully saturated rings. The van der Waals surface area contributed by atoms with E-state index in [0.29, 0.717) is 5.92 Å². The van der Waals surface area contributed by atoms with Gasteiger partial charge >= 0.3 is 0 Å². The van der Waals surface area contributed by atoms with Crippen LogP contribution in [0.25, 0.3) is 0 Å². The average molecular weight is 172 g/mol. The van der Waals surface area contributed by atoms with Gasteiger partial charge in [-0.1, -0.05) is 33.6 Å². The van der Waals surface area contributed by atoms with Crippen molar-refractivity contribution in [3.8, 4) is 0 Å². The lowest BCUT2D eigenvalue weighted by Crippen LogP contribution is -2.36. The molecule has 1 aliphatic rings. The highest BCUT2D eigenvalue weighted by molar-refractivity contribution is 4.83. The normalized spacial score (nSPS) is 32.0. The molecule has 0 aromatic carbocycles. The van der Waals surface area contributed by atoms with Crippen LogP contribution >= 0.6 is 0 Å². The summed E-state index contributed by atoms with van der Waals surface area (Å²) in [6, 6.07) is 0. The fraction of sp³-hybridized carbons (Fsp3) is 1.00. The molecule has 2 heteroatoms. The largest absolute Gasteiger partial charge is 0.252 e. The zero-order valence-corrected chi connectivity index (χ0v) is 8.34. The molecular weight excluding hydrogens is 152 g/mol. The van der Waals surface area contributed by atoms with Gasteiger partial charge in [0.05, 0.1) is 6.10 Å². The van der Waals surface area contributed by atoms with E-state index < -0.39 is 0 Å². The molecule has 12 heavy (non-hydrogen) atoms. The van der Waals surface area contributed by atoms with Crippen molar-refractivity contribution in [2.75, 3.05) is 0 Å². The maximum Gasteiger partial charge on any atom is 0.0960 e. The summed E-state index contributed by atoms with van der Waals surface area (Å²) in [5, 5.41) is 8.72. The van der Waals surface area contributed by atoms with Crippen LogP contribution in [-0.4, -0.2) is 11.4 Å². The Hall–Kier alpha value is -0.0800. The van der Waals surface area contributed by atoms with Gasteiger partial charge in [0, 0.05) is 0 Å². The highest BCUT2D eigenvalue weighted by Crippen LogP contribution is 2.38. The first-order valence-corrected chi connectivity index (χ1v) is 4.86. The van der Waals surface area contributed by atoms with E-state index in [1.807, 2.05) is 0 Å². The standard InChI is InChI=1S/C10H20O2/c1-10(2,3)8-6-4-5-7-9(8)12-11/h8-9,11H,4-7H2,1-3H3. The van der Waals surface area contributed by atoms with Gasteiger partial charge in [0.25, 0.3) is 0 Å². The molecule has 1 aliphatic carbocycles. The van der Waals surface area contributed by atoms with Crippen molar-refractivity contribution in [1.82, 2.24) is 0 Å². The third kappa shape index (κ3) is 2.20. The van der Waals surface area contributed by atoms with E-state index in [1.165, 1.54) is 19.3 Å². The van der Waals surface area contributed by atoms with Gasteiger partial charge in [-0.25, -0.2) is 4.89 Å². The summed E-state index contributed by atoms with van der Waals surface area (Å²) in [4.78, 5) is 4.53. The molecule has 2 nitrogen and oxygen atoms in total. The molecule has 0 saturated heterocycles. The summed E-state index contributed by atoms with van der Waals surface area (Å²) in [5.41, 5.74) is 0.258. The lowest BCUT2D eigenvalue weighted by molar-refractivity contribution is -0.302. The minimum atomic E-state index is 0.0683. The van der Waals surface area contributed by atoms with Crippen LogP contribution in [0.1, 0.15) is 46.5 Å². The van der Waals surface area contributed by atoms with E-state index >= 15 is 0 Å². The SMILES string of the molecule is CC(C)(C)C1CCCCC1OO. The van der Waals surface area contributed by atoms with Crippen molar-refractivity contribution >= 4 is 0 Å². The molecule has 1 saturated carbocycles. The molecule has 0 aromatic rings. The van der Waals surface area contributed by atoms with E-state index in [4.69, 9.17) is 5.26 Å². The van der Waals surface area contributed by atoms with Gasteiger partial charge in [-0.15, -0.1) is 0 Å². The Bertz CT molecular complexity index is 137. The van der Waals surface area contributed by atoms with E-state index in [9.17, 15) is 0 Å². The van der Waals surface area contributed by atoms with Crippen LogP contribution in [0.15, 0.2) is 0 Å². The van der Waals surface area contributed by atoms with Crippen molar-refractivity contribution in [1.29, 1.82) is 0 Å². The maximum atomic E-state index is 8.72. The highest BCUT2D eigenvalue weighted by Gasteiger charge is 2.34. The van der Waals surface area contributed by atoms with Crippen LogP contribution in [0.3, 0.4) is 0 Å². The number of hydrogen-bond donors (Lipinski definition) is 1. The number of hydrogen-bond acceptors (Lipinski definition) is 2. The molecule has 1 N–H and O–H groups in total. The molecule has 0 bridgehead atoms. The Morgan fingerprint density at radius 1 is 1.17 bits per heavy atom. The minimum absolute atomic E-state index is 0.0683. The fourth-order valence-corrected chi connectivity index (χ4v) is 2.21. The highest BCUT2D eigenvalue weighted by atomic mass is 17.1. The molecule has 0 amide bonds. The van der Waals surface area contributed by atoms with Gasteiger partial charge < -0.3 is 0 Å². The number of rotatable bonds is 1. The molecule has 0 heterocycles. The van der Waals surface area contributed by atoms with Crippen molar-refractivity contribution in [2.45, 2.75) is 52.6 Å². The molecule has 0 aromatic heterocycles. The third-order valence-electron chi connectivity index (χ3n) is 2.95. The smallest absolute Gasteiger partial charge is 0.0960 e. The van der Waals surface area contributed by atoms with Crippen LogP contribution < -0.4 is 0 Å². The molecule has 2 atom stereocenters. The lowest BCUT2D eigenvalue weighted by atomic mass is 9.71. The van der Waals surface area contributed by atoms with E-state index in [1.54, 1.807) is 0 Å². The zero-order chi connectivity index (χ0) is 9.19. The summed E-state index contributed by atoms with van der Waals surface area (Å²) < 4.78 is 0. The van der Waals surface area contributed by atoms with Crippen molar-refractivity contribution in [3.63, 3.8) is 0 Å². The van der Waals surface area contributed by atoms with Crippen molar-refractivity contribution in [2.24, 2.45) is 11.3 Å². The van der Waals surface area contributed by atoms with Crippen LogP contribution in [0.2, 0.25) is 0 Å². The minimum Gasteiger partial charge on any atom is -0.252 e. The quantitative estimate of drug-likeness (QED) is 0.486. The first kappa shape index (κ1) is 10.0. The molecule has 0 spiro atoms. The van der Waals surface area contributed by atoms with Gasteiger partial charge in [-0.3, -0.25) is 5.26 Å². The fourth-order valence-electron chi connectivity index (χ4n) is 2.21. The topological polar surface area (TPSA) is 29.5 Å². The summed E-state index contributed by atoms with van der Waals surface area (Å²) in [7, 11) is 0. The lowest BCUT2D eigenvalue weighted by Gasteiger charge is -2.38. The molecule has 1 rings (SSSR count). The van der Waals surface area contributed by atoms with Gasteiger partial charge in [0.2, 0.25) is 0 Å². The Labute approximate surface area is 74.9 Å². The summed E-state index contributed by atoms with van der Waals surface area (Å²) in [6.07, 6.45) is 4.74. The van der Waals surface area contributed by atoms with Gasteiger partial charge in [0.1, 0.15) is 0 Å². The Morgan fingerprint density at radius 3 is 2.17 bits per heavy atom. The maximum absolute atomic E-state index is 8.72. The molecule has 72 valence electrons. The summed E-state index contributed by atoms with van der Waals surface area (Å²) >= 11 is 0. The van der Waals surface area contributed by atoms with Crippen LogP contribution in [0.4, 0.5) is 0 Å². The third-order valence-corrected chi connectivity index (χ3v) is 2.95. The van der Waals surface area contributed by atoms with Crippen molar-refractivity contribution < 1.29 is 10.1 Å². The van der Waals surface area contributed by atoms with E-state index in [2.05, 4.69) is 25.7 Å². The zero-order valence-electron chi connectivity index (χ0n) is 8.34. The monoisotopic (exact) mass is 172 g/mol. The average Bonchev–Trinajstić information content (AvgIpc) is 2.03. The first-order chi connectivity index (χ1) is 5.55. The molecule has 0 radical (unpaired) electrons. The van der Waals surface area contributed by atoms with Crippen molar-refractivity contribution in [3.05, 3.63) is 0 Å². The second-order valence-electron chi connectivity index (χ2n) is 4.90. The Balaban J connectivity index is 2.59. The van der Waals surface area contributed by atoms with Gasteiger partial charge in [-0.05, 0) is 24.2 Å². The second kappa shape index (κ2) is 3.75. The molecule has 2 unspecified atom stereocenters. The predicted octanol–water partition coefficient (Wildman–Crippen LogP) is 3.08. The van der Waals surface area contributed by atoms with Gasteiger partial charge in [-0.2, -0.15) is 0 Å². The summed E-state index contributed by atoms with van der Waals surface area (Å²) in [6.45, 7) is 6.65. The summed E-state index contributed by atoms with van der Waals surface area (Å²) in [5.74, 6) is 0.510. The predicted molar refractivity (Wildman–Crippen MR) is 48.9 cm³/mol. The van der Waals surface area contributed by atoms with Crippen LogP contribution in [0.5, 0.6) is 0 Å². The Morgan fingerprint density at radius 2 is 1.75 bits per heavy atom. The van der Waals surface area contributed by atoms with Crippen LogP contribution in [0, 0.1) is 11.3 Å². The molecular formula is C10H20O2. The Kier molecular flexibility index (Phi) is 3.13.